The standard InChI is InChI=1S/C26H31N3O2/c30-23(17-27-24(21-7-3-1-4-8-21)22-9-5-2-6-10-22)28-25(31)29-26-14-18-11-19(15-26)13-20(12-18)16-26/h1-10,18-20,24,27H,11-17H2,(H2,28,29,30,31)/p+1. The Balaban J connectivity index is 1.18. The third-order valence-electron chi connectivity index (χ3n) is 7.53. The molecule has 0 spiro atoms. The summed E-state index contributed by atoms with van der Waals surface area (Å²) in [6.45, 7) is 0.197. The molecule has 6 rings (SSSR count). The Morgan fingerprint density at radius 3 is 1.81 bits per heavy atom. The van der Waals surface area contributed by atoms with Crippen LogP contribution in [0.4, 0.5) is 4.79 Å². The number of hydrogen-bond donors (Lipinski definition) is 3. The van der Waals surface area contributed by atoms with Crippen LogP contribution in [0.1, 0.15) is 55.7 Å². The van der Waals surface area contributed by atoms with Gasteiger partial charge in [0.25, 0.3) is 5.91 Å². The van der Waals surface area contributed by atoms with Gasteiger partial charge >= 0.3 is 6.03 Å². The molecule has 162 valence electrons. The fourth-order valence-electron chi connectivity index (χ4n) is 6.72. The molecule has 0 aromatic heterocycles. The van der Waals surface area contributed by atoms with Crippen molar-refractivity contribution in [1.29, 1.82) is 0 Å². The van der Waals surface area contributed by atoms with E-state index in [9.17, 15) is 9.59 Å². The molecule has 0 saturated heterocycles. The minimum atomic E-state index is -0.323. The van der Waals surface area contributed by atoms with Crippen LogP contribution in [0.15, 0.2) is 60.7 Å². The SMILES string of the molecule is O=C(C[NH2+]C(c1ccccc1)c1ccccc1)NC(=O)NC12CC3CC(CC(C3)C1)C2. The summed E-state index contributed by atoms with van der Waals surface area (Å²) in [5, 5.41) is 7.81. The zero-order valence-corrected chi connectivity index (χ0v) is 17.9. The van der Waals surface area contributed by atoms with E-state index in [1.54, 1.807) is 0 Å². The average molecular weight is 419 g/mol. The lowest BCUT2D eigenvalue weighted by Crippen LogP contribution is -2.88. The van der Waals surface area contributed by atoms with E-state index in [-0.39, 0.29) is 30.1 Å². The Hall–Kier alpha value is -2.66. The summed E-state index contributed by atoms with van der Waals surface area (Å²) in [4.78, 5) is 25.3. The molecule has 0 radical (unpaired) electrons. The van der Waals surface area contributed by atoms with Crippen LogP contribution in [-0.2, 0) is 4.79 Å². The molecule has 5 heteroatoms. The number of carbonyl (C=O) groups excluding carboxylic acids is 2. The lowest BCUT2D eigenvalue weighted by atomic mass is 9.53. The number of nitrogens with one attached hydrogen (secondary N) is 2. The number of nitrogens with two attached hydrogens (primary N) is 1. The number of urea groups is 1. The second kappa shape index (κ2) is 8.46. The van der Waals surface area contributed by atoms with E-state index in [1.807, 2.05) is 41.7 Å². The van der Waals surface area contributed by atoms with Gasteiger partial charge in [-0.25, -0.2) is 4.79 Å². The number of rotatable bonds is 6. The molecule has 3 amide bonds. The summed E-state index contributed by atoms with van der Waals surface area (Å²) in [6, 6.07) is 20.0. The van der Waals surface area contributed by atoms with Gasteiger partial charge in [-0.2, -0.15) is 0 Å². The molecule has 4 saturated carbocycles. The Labute approximate surface area is 184 Å². The van der Waals surface area contributed by atoms with E-state index >= 15 is 0 Å². The topological polar surface area (TPSA) is 74.8 Å². The van der Waals surface area contributed by atoms with Crippen molar-refractivity contribution in [2.24, 2.45) is 17.8 Å². The van der Waals surface area contributed by atoms with Crippen LogP contribution in [0.2, 0.25) is 0 Å². The van der Waals surface area contributed by atoms with Gasteiger partial charge in [0.2, 0.25) is 0 Å². The van der Waals surface area contributed by atoms with Crippen LogP contribution >= 0.6 is 0 Å². The monoisotopic (exact) mass is 418 g/mol. The highest BCUT2D eigenvalue weighted by Crippen LogP contribution is 2.55. The summed E-state index contributed by atoms with van der Waals surface area (Å²) < 4.78 is 0. The van der Waals surface area contributed by atoms with Gasteiger partial charge in [-0.1, -0.05) is 60.7 Å². The number of amides is 3. The maximum absolute atomic E-state index is 12.7. The van der Waals surface area contributed by atoms with Gasteiger partial charge in [0, 0.05) is 16.7 Å². The molecule has 4 bridgehead atoms. The van der Waals surface area contributed by atoms with Crippen molar-refractivity contribution in [2.45, 2.75) is 50.1 Å². The normalized spacial score (nSPS) is 28.5. The quantitative estimate of drug-likeness (QED) is 0.674. The van der Waals surface area contributed by atoms with E-state index in [0.29, 0.717) is 0 Å². The van der Waals surface area contributed by atoms with Crippen molar-refractivity contribution in [3.8, 4) is 0 Å². The molecular formula is C26H32N3O2+. The van der Waals surface area contributed by atoms with E-state index in [1.165, 1.54) is 19.3 Å². The average Bonchev–Trinajstić information content (AvgIpc) is 2.74. The number of quaternary nitrogens is 1. The first kappa shape index (κ1) is 20.3. The summed E-state index contributed by atoms with van der Waals surface area (Å²) in [6.07, 6.45) is 7.23. The molecule has 4 fully saturated rings. The highest BCUT2D eigenvalue weighted by Gasteiger charge is 2.51. The van der Waals surface area contributed by atoms with Crippen LogP contribution < -0.4 is 16.0 Å². The number of imide groups is 1. The predicted molar refractivity (Wildman–Crippen MR) is 119 cm³/mol. The highest BCUT2D eigenvalue weighted by atomic mass is 16.2. The summed E-state index contributed by atoms with van der Waals surface area (Å²) in [5.74, 6) is 2.02. The van der Waals surface area contributed by atoms with Crippen molar-refractivity contribution in [3.05, 3.63) is 71.8 Å². The lowest BCUT2D eigenvalue weighted by Gasteiger charge is -2.56. The summed E-state index contributed by atoms with van der Waals surface area (Å²) in [7, 11) is 0. The van der Waals surface area contributed by atoms with Crippen LogP contribution in [0.25, 0.3) is 0 Å². The predicted octanol–water partition coefficient (Wildman–Crippen LogP) is 3.13. The Morgan fingerprint density at radius 1 is 0.839 bits per heavy atom. The third-order valence-corrected chi connectivity index (χ3v) is 7.53. The first-order valence-electron chi connectivity index (χ1n) is 11.6. The highest BCUT2D eigenvalue weighted by molar-refractivity contribution is 5.95. The number of carbonyl (C=O) groups is 2. The van der Waals surface area contributed by atoms with Gasteiger partial charge in [0.1, 0.15) is 6.04 Å². The third kappa shape index (κ3) is 4.52. The molecule has 2 aromatic rings. The van der Waals surface area contributed by atoms with Crippen molar-refractivity contribution >= 4 is 11.9 Å². The van der Waals surface area contributed by atoms with Gasteiger partial charge in [-0.3, -0.25) is 10.1 Å². The van der Waals surface area contributed by atoms with E-state index in [4.69, 9.17) is 0 Å². The largest absolute Gasteiger partial charge is 0.332 e. The molecule has 5 nitrogen and oxygen atoms in total. The van der Waals surface area contributed by atoms with Gasteiger partial charge in [-0.15, -0.1) is 0 Å². The zero-order valence-electron chi connectivity index (χ0n) is 17.9. The maximum atomic E-state index is 12.7. The van der Waals surface area contributed by atoms with Gasteiger partial charge in [0.05, 0.1) is 0 Å². The van der Waals surface area contributed by atoms with Gasteiger partial charge < -0.3 is 10.6 Å². The van der Waals surface area contributed by atoms with Crippen molar-refractivity contribution in [1.82, 2.24) is 10.6 Å². The van der Waals surface area contributed by atoms with Crippen LogP contribution in [0, 0.1) is 17.8 Å². The smallest absolute Gasteiger partial charge is 0.322 e. The van der Waals surface area contributed by atoms with Crippen molar-refractivity contribution in [3.63, 3.8) is 0 Å². The lowest BCUT2D eigenvalue weighted by molar-refractivity contribution is -0.676. The molecule has 0 heterocycles. The van der Waals surface area contributed by atoms with Gasteiger partial charge in [-0.05, 0) is 56.3 Å². The Bertz CT molecular complexity index is 853. The van der Waals surface area contributed by atoms with E-state index < -0.39 is 0 Å². The minimum Gasteiger partial charge on any atom is -0.332 e. The fraction of sp³-hybridized carbons (Fsp3) is 0.462. The molecule has 4 aliphatic carbocycles. The summed E-state index contributed by atoms with van der Waals surface area (Å²) in [5.41, 5.74) is 2.19. The van der Waals surface area contributed by atoms with Crippen LogP contribution in [-0.4, -0.2) is 24.0 Å². The minimum absolute atomic E-state index is 0.0133. The molecule has 0 atom stereocenters. The number of hydrogen-bond acceptors (Lipinski definition) is 2. The molecule has 31 heavy (non-hydrogen) atoms. The van der Waals surface area contributed by atoms with Crippen LogP contribution in [0.3, 0.4) is 0 Å². The first-order chi connectivity index (χ1) is 15.1. The molecule has 0 unspecified atom stereocenters. The van der Waals surface area contributed by atoms with Crippen molar-refractivity contribution in [2.75, 3.05) is 6.54 Å². The number of benzene rings is 2. The van der Waals surface area contributed by atoms with Gasteiger partial charge in [0.15, 0.2) is 6.54 Å². The van der Waals surface area contributed by atoms with Crippen LogP contribution in [0.5, 0.6) is 0 Å². The molecule has 2 aromatic carbocycles. The molecule has 0 aliphatic heterocycles. The maximum Gasteiger partial charge on any atom is 0.322 e. The fourth-order valence-corrected chi connectivity index (χ4v) is 6.72. The Kier molecular flexibility index (Phi) is 5.53. The Morgan fingerprint density at radius 2 is 1.32 bits per heavy atom. The van der Waals surface area contributed by atoms with E-state index in [0.717, 1.165) is 48.1 Å². The zero-order chi connectivity index (χ0) is 21.3. The van der Waals surface area contributed by atoms with Crippen molar-refractivity contribution < 1.29 is 14.9 Å². The second-order valence-corrected chi connectivity index (χ2v) is 9.94. The first-order valence-corrected chi connectivity index (χ1v) is 11.6. The summed E-state index contributed by atoms with van der Waals surface area (Å²) >= 11 is 0. The second-order valence-electron chi connectivity index (χ2n) is 9.94. The van der Waals surface area contributed by atoms with E-state index in [2.05, 4.69) is 34.9 Å². The molecular weight excluding hydrogens is 386 g/mol. The molecule has 4 N–H and O–H groups in total. The molecule has 4 aliphatic rings.